The second-order valence-corrected chi connectivity index (χ2v) is 9.04. The minimum Gasteiger partial charge on any atom is -0.497 e. The van der Waals surface area contributed by atoms with E-state index in [1.807, 2.05) is 32.0 Å². The van der Waals surface area contributed by atoms with E-state index < -0.39 is 18.6 Å². The lowest BCUT2D eigenvalue weighted by molar-refractivity contribution is -0.127. The summed E-state index contributed by atoms with van der Waals surface area (Å²) in [6.45, 7) is 3.46. The van der Waals surface area contributed by atoms with Crippen LogP contribution in [0.25, 0.3) is 11.3 Å². The predicted molar refractivity (Wildman–Crippen MR) is 133 cm³/mol. The van der Waals surface area contributed by atoms with Gasteiger partial charge in [0.25, 0.3) is 5.91 Å². The number of hydrogen-bond donors (Lipinski definition) is 2. The molecule has 10 heteroatoms. The summed E-state index contributed by atoms with van der Waals surface area (Å²) >= 11 is 12.1. The van der Waals surface area contributed by atoms with Crippen LogP contribution in [0.3, 0.4) is 0 Å². The molecule has 1 aromatic heterocycles. The topological polar surface area (TPSA) is 105 Å². The summed E-state index contributed by atoms with van der Waals surface area (Å²) in [6, 6.07) is 9.43. The Balaban J connectivity index is 1.55. The smallest absolute Gasteiger partial charge is 0.255 e. The molecule has 0 radical (unpaired) electrons. The molecule has 4 rings (SSSR count). The van der Waals surface area contributed by atoms with Crippen molar-refractivity contribution >= 4 is 35.0 Å². The molecule has 0 saturated carbocycles. The zero-order valence-corrected chi connectivity index (χ0v) is 20.9. The van der Waals surface area contributed by atoms with Crippen LogP contribution in [0.5, 0.6) is 5.75 Å². The van der Waals surface area contributed by atoms with E-state index in [1.54, 1.807) is 25.3 Å². The fourth-order valence-corrected chi connectivity index (χ4v) is 4.53. The van der Waals surface area contributed by atoms with Crippen LogP contribution in [-0.2, 0) is 11.3 Å². The first kappa shape index (κ1) is 24.9. The maximum absolute atomic E-state index is 13.3. The molecule has 2 aromatic carbocycles. The second-order valence-electron chi connectivity index (χ2n) is 8.29. The highest BCUT2D eigenvalue weighted by Gasteiger charge is 2.37. The van der Waals surface area contributed by atoms with Crippen molar-refractivity contribution < 1.29 is 19.4 Å². The molecule has 2 heterocycles. The van der Waals surface area contributed by atoms with Gasteiger partial charge in [-0.25, -0.2) is 9.97 Å². The van der Waals surface area contributed by atoms with Crippen LogP contribution in [-0.4, -0.2) is 51.5 Å². The Labute approximate surface area is 212 Å². The van der Waals surface area contributed by atoms with Gasteiger partial charge < -0.3 is 20.1 Å². The van der Waals surface area contributed by atoms with Crippen LogP contribution in [0, 0.1) is 6.92 Å². The minimum atomic E-state index is -1.05. The van der Waals surface area contributed by atoms with Crippen molar-refractivity contribution in [3.8, 4) is 17.0 Å². The van der Waals surface area contributed by atoms with Crippen LogP contribution in [0.15, 0.2) is 42.6 Å². The highest BCUT2D eigenvalue weighted by molar-refractivity contribution is 6.33. The fourth-order valence-electron chi connectivity index (χ4n) is 4.19. The third-order valence-electron chi connectivity index (χ3n) is 6.09. The molecule has 2 N–H and O–H groups in total. The Kier molecular flexibility index (Phi) is 7.25. The van der Waals surface area contributed by atoms with Crippen LogP contribution in [0.4, 0.5) is 0 Å². The minimum absolute atomic E-state index is 0.0373. The number of hydrogen-bond acceptors (Lipinski definition) is 6. The summed E-state index contributed by atoms with van der Waals surface area (Å²) in [4.78, 5) is 35.8. The number of amides is 2. The molecule has 2 atom stereocenters. The van der Waals surface area contributed by atoms with Gasteiger partial charge in [0.05, 0.1) is 36.7 Å². The number of benzene rings is 2. The lowest BCUT2D eigenvalue weighted by Crippen LogP contribution is -2.49. The highest BCUT2D eigenvalue weighted by Crippen LogP contribution is 2.32. The van der Waals surface area contributed by atoms with Gasteiger partial charge in [0.2, 0.25) is 11.2 Å². The van der Waals surface area contributed by atoms with Gasteiger partial charge in [-0.3, -0.25) is 9.59 Å². The zero-order valence-electron chi connectivity index (χ0n) is 19.4. The molecule has 182 valence electrons. The van der Waals surface area contributed by atoms with E-state index in [1.165, 1.54) is 11.1 Å². The first-order valence-corrected chi connectivity index (χ1v) is 11.7. The number of aliphatic hydroxyl groups is 1. The summed E-state index contributed by atoms with van der Waals surface area (Å²) in [6.07, 6.45) is 1.39. The number of ether oxygens (including phenoxy) is 1. The number of fused-ring (bicyclic) bond motifs is 1. The molecule has 0 saturated heterocycles. The summed E-state index contributed by atoms with van der Waals surface area (Å²) in [5.74, 6) is -0.136. The van der Waals surface area contributed by atoms with Crippen molar-refractivity contribution in [1.82, 2.24) is 20.2 Å². The van der Waals surface area contributed by atoms with E-state index in [-0.39, 0.29) is 23.8 Å². The number of aryl methyl sites for hydroxylation is 1. The number of nitrogens with zero attached hydrogens (tertiary/aromatic N) is 3. The summed E-state index contributed by atoms with van der Waals surface area (Å²) in [5, 5.41) is 13.3. The van der Waals surface area contributed by atoms with Crippen LogP contribution >= 0.6 is 23.2 Å². The molecule has 3 aromatic rings. The van der Waals surface area contributed by atoms with Gasteiger partial charge in [-0.05, 0) is 60.3 Å². The normalized spacial score (nSPS) is 14.5. The van der Waals surface area contributed by atoms with E-state index in [9.17, 15) is 14.7 Å². The molecule has 0 bridgehead atoms. The number of halogens is 2. The number of aliphatic hydroxyl groups excluding tert-OH is 1. The third-order valence-corrected chi connectivity index (χ3v) is 6.55. The summed E-state index contributed by atoms with van der Waals surface area (Å²) in [7, 11) is 1.58. The number of carbonyl (C=O) groups is 2. The third kappa shape index (κ3) is 4.96. The van der Waals surface area contributed by atoms with Gasteiger partial charge in [0, 0.05) is 17.7 Å². The Morgan fingerprint density at radius 2 is 2.03 bits per heavy atom. The number of aromatic nitrogens is 2. The molecule has 2 amide bonds. The summed E-state index contributed by atoms with van der Waals surface area (Å²) < 4.78 is 5.29. The average molecular weight is 515 g/mol. The van der Waals surface area contributed by atoms with Crippen molar-refractivity contribution in [3.63, 3.8) is 0 Å². The standard InChI is InChI=1S/C25H24Cl2N4O4/c1-13-4-7-17(35-3)9-18(13)14(2)29-23(33)21(12-32)31-11-16-6-5-15(8-19(16)24(31)34)22-20(26)10-28-25(27)30-22/h4-10,14,21,32H,11-12H2,1-3H3,(H,29,33)/t14-,21-/m1/s1. The Morgan fingerprint density at radius 1 is 1.26 bits per heavy atom. The van der Waals surface area contributed by atoms with Gasteiger partial charge in [0.1, 0.15) is 11.8 Å². The molecule has 1 aliphatic heterocycles. The SMILES string of the molecule is COc1ccc(C)c([C@@H](C)NC(=O)[C@@H](CO)N2Cc3ccc(-c4nc(Cl)ncc4Cl)cc3C2=O)c1. The fraction of sp³-hybridized carbons (Fsp3) is 0.280. The van der Waals surface area contributed by atoms with Crippen molar-refractivity contribution in [2.24, 2.45) is 0 Å². The maximum Gasteiger partial charge on any atom is 0.255 e. The zero-order chi connectivity index (χ0) is 25.3. The van der Waals surface area contributed by atoms with Crippen molar-refractivity contribution in [3.05, 3.63) is 75.2 Å². The van der Waals surface area contributed by atoms with Crippen LogP contribution < -0.4 is 10.1 Å². The van der Waals surface area contributed by atoms with E-state index in [4.69, 9.17) is 27.9 Å². The van der Waals surface area contributed by atoms with Crippen molar-refractivity contribution in [1.29, 1.82) is 0 Å². The monoisotopic (exact) mass is 514 g/mol. The largest absolute Gasteiger partial charge is 0.497 e. The molecule has 0 aliphatic carbocycles. The van der Waals surface area contributed by atoms with Crippen LogP contribution in [0.2, 0.25) is 10.3 Å². The van der Waals surface area contributed by atoms with E-state index in [2.05, 4.69) is 15.3 Å². The lowest BCUT2D eigenvalue weighted by atomic mass is 10.0. The van der Waals surface area contributed by atoms with Gasteiger partial charge in [-0.15, -0.1) is 0 Å². The number of rotatable bonds is 7. The first-order valence-electron chi connectivity index (χ1n) is 10.9. The molecule has 1 aliphatic rings. The van der Waals surface area contributed by atoms with Gasteiger partial charge >= 0.3 is 0 Å². The van der Waals surface area contributed by atoms with E-state index in [0.29, 0.717) is 27.6 Å². The van der Waals surface area contributed by atoms with Gasteiger partial charge in [-0.1, -0.05) is 29.8 Å². The Hall–Kier alpha value is -3.20. The Bertz CT molecular complexity index is 1300. The molecule has 35 heavy (non-hydrogen) atoms. The predicted octanol–water partition coefficient (Wildman–Crippen LogP) is 3.96. The number of methoxy groups -OCH3 is 1. The quantitative estimate of drug-likeness (QED) is 0.462. The summed E-state index contributed by atoms with van der Waals surface area (Å²) in [5.41, 5.74) is 4.02. The van der Waals surface area contributed by atoms with Crippen molar-refractivity contribution in [2.75, 3.05) is 13.7 Å². The lowest BCUT2D eigenvalue weighted by Gasteiger charge is -2.27. The maximum atomic E-state index is 13.3. The van der Waals surface area contributed by atoms with Gasteiger partial charge in [-0.2, -0.15) is 0 Å². The van der Waals surface area contributed by atoms with Crippen molar-refractivity contribution in [2.45, 2.75) is 32.5 Å². The molecular formula is C25H24Cl2N4O4. The van der Waals surface area contributed by atoms with E-state index >= 15 is 0 Å². The van der Waals surface area contributed by atoms with E-state index in [0.717, 1.165) is 16.7 Å². The average Bonchev–Trinajstić information content (AvgIpc) is 3.16. The molecular weight excluding hydrogens is 491 g/mol. The van der Waals surface area contributed by atoms with Crippen LogP contribution in [0.1, 0.15) is 40.0 Å². The Morgan fingerprint density at radius 3 is 2.74 bits per heavy atom. The highest BCUT2D eigenvalue weighted by atomic mass is 35.5. The van der Waals surface area contributed by atoms with Gasteiger partial charge in [0.15, 0.2) is 0 Å². The number of carbonyl (C=O) groups excluding carboxylic acids is 2. The second kappa shape index (κ2) is 10.2. The molecule has 0 unspecified atom stereocenters. The first-order chi connectivity index (χ1) is 16.7. The number of nitrogens with one attached hydrogen (secondary N) is 1. The molecule has 0 spiro atoms. The molecule has 8 nitrogen and oxygen atoms in total. The molecule has 0 fully saturated rings.